The second-order valence-electron chi connectivity index (χ2n) is 7.45. The van der Waals surface area contributed by atoms with Gasteiger partial charge in [0, 0.05) is 52.9 Å². The lowest BCUT2D eigenvalue weighted by atomic mass is 9.69. The number of piperazine rings is 1. The molecular formula is C17H35N3O. The van der Waals surface area contributed by atoms with E-state index < -0.39 is 0 Å². The van der Waals surface area contributed by atoms with Gasteiger partial charge in [-0.15, -0.1) is 0 Å². The quantitative estimate of drug-likeness (QED) is 0.724. The molecule has 2 unspecified atom stereocenters. The highest BCUT2D eigenvalue weighted by Gasteiger charge is 2.36. The smallest absolute Gasteiger partial charge is 0.0587 e. The van der Waals surface area contributed by atoms with Crippen LogP contribution in [0.25, 0.3) is 0 Å². The molecular weight excluding hydrogens is 262 g/mol. The molecule has 2 fully saturated rings. The molecule has 2 rings (SSSR count). The van der Waals surface area contributed by atoms with Crippen LogP contribution in [0.1, 0.15) is 32.6 Å². The molecule has 0 bridgehead atoms. The van der Waals surface area contributed by atoms with Crippen LogP contribution in [0.5, 0.6) is 0 Å². The first-order valence-corrected chi connectivity index (χ1v) is 8.74. The average molecular weight is 297 g/mol. The predicted molar refractivity (Wildman–Crippen MR) is 88.7 cm³/mol. The van der Waals surface area contributed by atoms with Crippen LogP contribution in [0, 0.1) is 11.3 Å². The van der Waals surface area contributed by atoms with Gasteiger partial charge in [0.1, 0.15) is 0 Å². The Hall–Kier alpha value is -0.160. The van der Waals surface area contributed by atoms with Gasteiger partial charge in [0.15, 0.2) is 0 Å². The fourth-order valence-electron chi connectivity index (χ4n) is 4.14. The van der Waals surface area contributed by atoms with Crippen molar-refractivity contribution >= 4 is 0 Å². The summed E-state index contributed by atoms with van der Waals surface area (Å²) in [5.74, 6) is 0.885. The number of ether oxygens (including phenoxy) is 1. The van der Waals surface area contributed by atoms with Gasteiger partial charge in [-0.2, -0.15) is 0 Å². The van der Waals surface area contributed by atoms with Crippen molar-refractivity contribution in [1.29, 1.82) is 0 Å². The van der Waals surface area contributed by atoms with Crippen LogP contribution >= 0.6 is 0 Å². The number of methoxy groups -OCH3 is 1. The lowest BCUT2D eigenvalue weighted by Gasteiger charge is -2.45. The molecule has 1 heterocycles. The van der Waals surface area contributed by atoms with Crippen LogP contribution in [-0.2, 0) is 4.74 Å². The zero-order valence-corrected chi connectivity index (χ0v) is 14.4. The number of hydrogen-bond donors (Lipinski definition) is 1. The van der Waals surface area contributed by atoms with Gasteiger partial charge in [-0.3, -0.25) is 0 Å². The Labute approximate surface area is 131 Å². The van der Waals surface area contributed by atoms with Crippen molar-refractivity contribution in [2.24, 2.45) is 11.3 Å². The van der Waals surface area contributed by atoms with Crippen molar-refractivity contribution in [2.45, 2.75) is 32.6 Å². The molecule has 4 heteroatoms. The average Bonchev–Trinajstić information content (AvgIpc) is 2.46. The Morgan fingerprint density at radius 3 is 2.67 bits per heavy atom. The van der Waals surface area contributed by atoms with Crippen LogP contribution in [0.15, 0.2) is 0 Å². The van der Waals surface area contributed by atoms with Crippen LogP contribution in [0.3, 0.4) is 0 Å². The Bertz CT molecular complexity index is 292. The number of hydrogen-bond acceptors (Lipinski definition) is 4. The first-order valence-electron chi connectivity index (χ1n) is 8.74. The molecule has 124 valence electrons. The third kappa shape index (κ3) is 5.51. The molecule has 0 aromatic heterocycles. The summed E-state index contributed by atoms with van der Waals surface area (Å²) in [4.78, 5) is 5.15. The minimum Gasteiger partial charge on any atom is -0.383 e. The van der Waals surface area contributed by atoms with Crippen LogP contribution in [0.2, 0.25) is 0 Å². The van der Waals surface area contributed by atoms with E-state index in [-0.39, 0.29) is 0 Å². The molecule has 21 heavy (non-hydrogen) atoms. The summed E-state index contributed by atoms with van der Waals surface area (Å²) in [6.07, 6.45) is 5.60. The van der Waals surface area contributed by atoms with E-state index in [1.165, 1.54) is 58.4 Å². The second-order valence-corrected chi connectivity index (χ2v) is 7.45. The van der Waals surface area contributed by atoms with E-state index in [0.29, 0.717) is 5.41 Å². The summed E-state index contributed by atoms with van der Waals surface area (Å²) in [7, 11) is 4.02. The van der Waals surface area contributed by atoms with E-state index in [1.54, 1.807) is 7.11 Å². The van der Waals surface area contributed by atoms with Gasteiger partial charge in [0.05, 0.1) is 6.61 Å². The Balaban J connectivity index is 1.88. The number of likely N-dealkylation sites (N-methyl/N-ethyl adjacent to an activating group) is 1. The first kappa shape index (κ1) is 17.2. The SMILES string of the molecule is COCCNCC1(CN2CCN(C)CC2)CCCC(C)C1. The molecule has 0 spiro atoms. The minimum atomic E-state index is 0.487. The van der Waals surface area contributed by atoms with Crippen molar-refractivity contribution in [3.05, 3.63) is 0 Å². The summed E-state index contributed by atoms with van der Waals surface area (Å²) in [6.45, 7) is 11.6. The van der Waals surface area contributed by atoms with E-state index in [2.05, 4.69) is 29.1 Å². The van der Waals surface area contributed by atoms with Crippen molar-refractivity contribution < 1.29 is 4.74 Å². The molecule has 2 aliphatic rings. The van der Waals surface area contributed by atoms with Crippen LogP contribution in [0.4, 0.5) is 0 Å². The van der Waals surface area contributed by atoms with E-state index >= 15 is 0 Å². The fourth-order valence-corrected chi connectivity index (χ4v) is 4.14. The van der Waals surface area contributed by atoms with E-state index in [0.717, 1.165) is 25.6 Å². The third-order valence-electron chi connectivity index (χ3n) is 5.32. The molecule has 0 radical (unpaired) electrons. The van der Waals surface area contributed by atoms with Crippen molar-refractivity contribution in [2.75, 3.05) is 66.6 Å². The van der Waals surface area contributed by atoms with E-state index in [9.17, 15) is 0 Å². The summed E-state index contributed by atoms with van der Waals surface area (Å²) in [5.41, 5.74) is 0.487. The monoisotopic (exact) mass is 297 g/mol. The third-order valence-corrected chi connectivity index (χ3v) is 5.32. The summed E-state index contributed by atoms with van der Waals surface area (Å²) in [5, 5.41) is 3.65. The van der Waals surface area contributed by atoms with E-state index in [1.807, 2.05) is 0 Å². The fraction of sp³-hybridized carbons (Fsp3) is 1.00. The number of nitrogens with zero attached hydrogens (tertiary/aromatic N) is 2. The molecule has 0 aromatic rings. The van der Waals surface area contributed by atoms with E-state index in [4.69, 9.17) is 4.74 Å². The zero-order valence-electron chi connectivity index (χ0n) is 14.4. The number of nitrogens with one attached hydrogen (secondary N) is 1. The van der Waals surface area contributed by atoms with Gasteiger partial charge >= 0.3 is 0 Å². The Kier molecular flexibility index (Phi) is 6.93. The first-order chi connectivity index (χ1) is 10.1. The van der Waals surface area contributed by atoms with Crippen LogP contribution in [-0.4, -0.2) is 76.4 Å². The normalized spacial score (nSPS) is 32.4. The van der Waals surface area contributed by atoms with Gasteiger partial charge in [0.25, 0.3) is 0 Å². The minimum absolute atomic E-state index is 0.487. The second kappa shape index (κ2) is 8.47. The molecule has 1 saturated heterocycles. The Morgan fingerprint density at radius 1 is 1.24 bits per heavy atom. The highest BCUT2D eigenvalue weighted by Crippen LogP contribution is 2.39. The molecule has 0 amide bonds. The van der Waals surface area contributed by atoms with Crippen molar-refractivity contribution in [3.63, 3.8) is 0 Å². The van der Waals surface area contributed by atoms with Gasteiger partial charge < -0.3 is 19.9 Å². The Morgan fingerprint density at radius 2 is 2.00 bits per heavy atom. The molecule has 2 atom stereocenters. The molecule has 0 aromatic carbocycles. The molecule has 1 N–H and O–H groups in total. The maximum atomic E-state index is 5.17. The number of rotatable bonds is 7. The predicted octanol–water partition coefficient (Wildman–Crippen LogP) is 1.67. The van der Waals surface area contributed by atoms with Gasteiger partial charge in [-0.25, -0.2) is 0 Å². The van der Waals surface area contributed by atoms with Crippen molar-refractivity contribution in [3.8, 4) is 0 Å². The van der Waals surface area contributed by atoms with Crippen molar-refractivity contribution in [1.82, 2.24) is 15.1 Å². The summed E-state index contributed by atoms with van der Waals surface area (Å²) < 4.78 is 5.17. The zero-order chi connectivity index (χ0) is 15.1. The highest BCUT2D eigenvalue weighted by atomic mass is 16.5. The lowest BCUT2D eigenvalue weighted by molar-refractivity contribution is 0.0536. The summed E-state index contributed by atoms with van der Waals surface area (Å²) in [6, 6.07) is 0. The highest BCUT2D eigenvalue weighted by molar-refractivity contribution is 4.90. The molecule has 1 aliphatic heterocycles. The molecule has 1 aliphatic carbocycles. The maximum absolute atomic E-state index is 5.17. The molecule has 1 saturated carbocycles. The standard InChI is InChI=1S/C17H35N3O/c1-16-5-4-6-17(13-16,14-18-7-12-21-3)15-20-10-8-19(2)9-11-20/h16,18H,4-15H2,1-3H3. The lowest BCUT2D eigenvalue weighted by Crippen LogP contribution is -2.52. The maximum Gasteiger partial charge on any atom is 0.0587 e. The van der Waals surface area contributed by atoms with Gasteiger partial charge in [-0.1, -0.05) is 19.8 Å². The largest absolute Gasteiger partial charge is 0.383 e. The van der Waals surface area contributed by atoms with Gasteiger partial charge in [0.2, 0.25) is 0 Å². The molecule has 4 nitrogen and oxygen atoms in total. The topological polar surface area (TPSA) is 27.7 Å². The summed E-state index contributed by atoms with van der Waals surface area (Å²) >= 11 is 0. The van der Waals surface area contributed by atoms with Gasteiger partial charge in [-0.05, 0) is 31.2 Å². The van der Waals surface area contributed by atoms with Crippen LogP contribution < -0.4 is 5.32 Å².